The van der Waals surface area contributed by atoms with Crippen LogP contribution < -0.4 is 0 Å². The molecule has 30 heavy (non-hydrogen) atoms. The largest absolute Gasteiger partial charge is 0.367 e. The lowest BCUT2D eigenvalue weighted by Gasteiger charge is -2.45. The van der Waals surface area contributed by atoms with Gasteiger partial charge in [0, 0.05) is 6.42 Å². The molecule has 0 aromatic rings. The maximum atomic E-state index is 12.1. The van der Waals surface area contributed by atoms with E-state index in [0.717, 1.165) is 50.5 Å². The number of ketones is 1. The highest BCUT2D eigenvalue weighted by molar-refractivity contribution is 5.96. The maximum Gasteiger partial charge on any atom is 0.159 e. The molecule has 2 heteroatoms. The zero-order valence-electron chi connectivity index (χ0n) is 20.6. The molecule has 2 rings (SSSR count). The third kappa shape index (κ3) is 7.38. The lowest BCUT2D eigenvalue weighted by atomic mass is 9.74. The summed E-state index contributed by atoms with van der Waals surface area (Å²) in [6, 6.07) is 0. The Hall–Kier alpha value is -1.41. The predicted molar refractivity (Wildman–Crippen MR) is 129 cm³/mol. The molecule has 2 aliphatic rings. The molecule has 0 aromatic heterocycles. The maximum absolute atomic E-state index is 12.1. The molecule has 1 aliphatic carbocycles. The van der Waals surface area contributed by atoms with Gasteiger partial charge < -0.3 is 4.74 Å². The normalized spacial score (nSPS) is 27.9. The number of rotatable bonds is 9. The second-order valence-electron chi connectivity index (χ2n) is 10.2. The molecule has 1 aliphatic heterocycles. The van der Waals surface area contributed by atoms with Crippen molar-refractivity contribution in [1.82, 2.24) is 0 Å². The van der Waals surface area contributed by atoms with Crippen molar-refractivity contribution in [3.05, 3.63) is 46.1 Å². The lowest BCUT2D eigenvalue weighted by Crippen LogP contribution is -2.46. The van der Waals surface area contributed by atoms with Crippen LogP contribution in [-0.4, -0.2) is 17.5 Å². The fraction of sp³-hybridized carbons (Fsp3) is 0.679. The first-order valence-electron chi connectivity index (χ1n) is 11.9. The number of allylic oxidation sites excluding steroid dienone is 7. The van der Waals surface area contributed by atoms with Crippen LogP contribution in [0, 0.1) is 5.92 Å². The highest BCUT2D eigenvalue weighted by Gasteiger charge is 2.42. The Morgan fingerprint density at radius 3 is 2.23 bits per heavy atom. The van der Waals surface area contributed by atoms with E-state index in [1.165, 1.54) is 28.7 Å². The van der Waals surface area contributed by atoms with Crippen molar-refractivity contribution in [3.63, 3.8) is 0 Å². The van der Waals surface area contributed by atoms with E-state index in [-0.39, 0.29) is 11.7 Å². The lowest BCUT2D eigenvalue weighted by molar-refractivity contribution is -0.144. The minimum Gasteiger partial charge on any atom is -0.367 e. The Balaban J connectivity index is 1.79. The molecular formula is C28H44O2. The summed E-state index contributed by atoms with van der Waals surface area (Å²) >= 11 is 0. The molecular weight excluding hydrogens is 368 g/mol. The summed E-state index contributed by atoms with van der Waals surface area (Å²) in [5.41, 5.74) is 6.42. The molecule has 3 atom stereocenters. The molecule has 0 N–H and O–H groups in total. The van der Waals surface area contributed by atoms with E-state index in [0.29, 0.717) is 18.1 Å². The van der Waals surface area contributed by atoms with E-state index in [1.54, 1.807) is 0 Å². The molecule has 1 heterocycles. The van der Waals surface area contributed by atoms with Crippen LogP contribution in [0.5, 0.6) is 0 Å². The van der Waals surface area contributed by atoms with Crippen LogP contribution in [0.3, 0.4) is 0 Å². The quantitative estimate of drug-likeness (QED) is 0.358. The van der Waals surface area contributed by atoms with Crippen LogP contribution in [0.1, 0.15) is 106 Å². The Bertz CT molecular complexity index is 730. The van der Waals surface area contributed by atoms with Gasteiger partial charge in [0.15, 0.2) is 5.78 Å². The van der Waals surface area contributed by atoms with Gasteiger partial charge in [-0.1, -0.05) is 34.9 Å². The minimum atomic E-state index is -0.0682. The number of carbonyl (C=O) groups excluding carboxylic acids is 1. The zero-order chi connectivity index (χ0) is 22.3. The van der Waals surface area contributed by atoms with Crippen LogP contribution in [0.2, 0.25) is 0 Å². The standard InChI is InChI=1S/C28H44O2/c1-20(2)11-8-12-21(3)13-9-14-22(4)15-10-17-28(7)18-16-25-19-26(29)23(5)24(6)27(25)30-28/h11,13,15,25,27H,8-10,12,14,16-19H2,1-7H3/b21-13+,22-15+. The molecule has 0 bridgehead atoms. The van der Waals surface area contributed by atoms with Gasteiger partial charge >= 0.3 is 0 Å². The van der Waals surface area contributed by atoms with Gasteiger partial charge in [0.25, 0.3) is 0 Å². The number of Topliss-reactive ketones (excluding diaryl/α,β-unsaturated/α-hetero) is 1. The van der Waals surface area contributed by atoms with E-state index in [2.05, 4.69) is 59.8 Å². The third-order valence-corrected chi connectivity index (χ3v) is 7.06. The fourth-order valence-electron chi connectivity index (χ4n) is 4.73. The molecule has 0 amide bonds. The predicted octanol–water partition coefficient (Wildman–Crippen LogP) is 8.05. The molecule has 1 fully saturated rings. The van der Waals surface area contributed by atoms with Gasteiger partial charge in [-0.2, -0.15) is 0 Å². The molecule has 1 saturated heterocycles. The van der Waals surface area contributed by atoms with E-state index in [4.69, 9.17) is 4.74 Å². The molecule has 2 nitrogen and oxygen atoms in total. The van der Waals surface area contributed by atoms with Gasteiger partial charge in [-0.3, -0.25) is 4.79 Å². The minimum absolute atomic E-state index is 0.0682. The molecule has 0 aromatic carbocycles. The molecule has 0 radical (unpaired) electrons. The summed E-state index contributed by atoms with van der Waals surface area (Å²) in [7, 11) is 0. The fourth-order valence-corrected chi connectivity index (χ4v) is 4.73. The highest BCUT2D eigenvalue weighted by atomic mass is 16.5. The van der Waals surface area contributed by atoms with E-state index in [9.17, 15) is 4.79 Å². The van der Waals surface area contributed by atoms with Crippen LogP contribution in [0.25, 0.3) is 0 Å². The van der Waals surface area contributed by atoms with Crippen molar-refractivity contribution < 1.29 is 9.53 Å². The van der Waals surface area contributed by atoms with Crippen molar-refractivity contribution >= 4 is 5.78 Å². The van der Waals surface area contributed by atoms with E-state index < -0.39 is 0 Å². The summed E-state index contributed by atoms with van der Waals surface area (Å²) in [4.78, 5) is 12.1. The summed E-state index contributed by atoms with van der Waals surface area (Å²) in [6.07, 6.45) is 16.9. The van der Waals surface area contributed by atoms with E-state index in [1.807, 2.05) is 6.92 Å². The van der Waals surface area contributed by atoms with Crippen molar-refractivity contribution in [2.75, 3.05) is 0 Å². The second kappa shape index (κ2) is 11.3. The number of hydrogen-bond acceptors (Lipinski definition) is 2. The topological polar surface area (TPSA) is 26.3 Å². The van der Waals surface area contributed by atoms with Crippen LogP contribution >= 0.6 is 0 Å². The monoisotopic (exact) mass is 412 g/mol. The van der Waals surface area contributed by atoms with Crippen molar-refractivity contribution in [2.45, 2.75) is 118 Å². The summed E-state index contributed by atoms with van der Waals surface area (Å²) < 4.78 is 6.60. The van der Waals surface area contributed by atoms with E-state index >= 15 is 0 Å². The molecule has 3 unspecified atom stereocenters. The average Bonchev–Trinajstić information content (AvgIpc) is 2.67. The first kappa shape index (κ1) is 24.9. The SMILES string of the molecule is CC(C)=CCC/C(C)=C/CC/C(C)=C/CCC1(C)CCC2CC(=O)C(C)=C(C)C2O1. The van der Waals surface area contributed by atoms with Gasteiger partial charge in [0.1, 0.15) is 0 Å². The number of fused-ring (bicyclic) bond motifs is 1. The second-order valence-corrected chi connectivity index (χ2v) is 10.2. The summed E-state index contributed by atoms with van der Waals surface area (Å²) in [6.45, 7) is 15.2. The third-order valence-electron chi connectivity index (χ3n) is 7.06. The number of hydrogen-bond donors (Lipinski definition) is 0. The van der Waals surface area contributed by atoms with Crippen LogP contribution in [0.4, 0.5) is 0 Å². The van der Waals surface area contributed by atoms with Gasteiger partial charge in [0.05, 0.1) is 11.7 Å². The van der Waals surface area contributed by atoms with Crippen LogP contribution in [0.15, 0.2) is 46.1 Å². The van der Waals surface area contributed by atoms with Gasteiger partial charge in [-0.05, 0) is 117 Å². The average molecular weight is 413 g/mol. The zero-order valence-corrected chi connectivity index (χ0v) is 20.6. The highest BCUT2D eigenvalue weighted by Crippen LogP contribution is 2.43. The Kier molecular flexibility index (Phi) is 9.34. The number of carbonyl (C=O) groups is 1. The van der Waals surface area contributed by atoms with Crippen molar-refractivity contribution in [1.29, 1.82) is 0 Å². The Morgan fingerprint density at radius 2 is 1.60 bits per heavy atom. The first-order chi connectivity index (χ1) is 14.1. The van der Waals surface area contributed by atoms with Crippen molar-refractivity contribution in [2.24, 2.45) is 5.92 Å². The Morgan fingerprint density at radius 1 is 1.00 bits per heavy atom. The Labute approximate surface area is 185 Å². The van der Waals surface area contributed by atoms with Gasteiger partial charge in [0.2, 0.25) is 0 Å². The smallest absolute Gasteiger partial charge is 0.159 e. The first-order valence-corrected chi connectivity index (χ1v) is 11.9. The molecule has 168 valence electrons. The van der Waals surface area contributed by atoms with Crippen molar-refractivity contribution in [3.8, 4) is 0 Å². The molecule has 0 saturated carbocycles. The summed E-state index contributed by atoms with van der Waals surface area (Å²) in [5, 5.41) is 0. The van der Waals surface area contributed by atoms with Gasteiger partial charge in [-0.15, -0.1) is 0 Å². The van der Waals surface area contributed by atoms with Crippen LogP contribution in [-0.2, 0) is 9.53 Å². The molecule has 0 spiro atoms. The van der Waals surface area contributed by atoms with Gasteiger partial charge in [-0.25, -0.2) is 0 Å². The number of ether oxygens (including phenoxy) is 1. The summed E-state index contributed by atoms with van der Waals surface area (Å²) in [5.74, 6) is 0.707.